The quantitative estimate of drug-likeness (QED) is 0.770. The van der Waals surface area contributed by atoms with Crippen LogP contribution in [-0.4, -0.2) is 62.7 Å². The summed E-state index contributed by atoms with van der Waals surface area (Å²) in [7, 11) is -2.95. The summed E-state index contributed by atoms with van der Waals surface area (Å²) in [5.74, 6) is 0.249. The molecule has 2 rings (SSSR count). The van der Waals surface area contributed by atoms with Gasteiger partial charge in [-0.15, -0.1) is 0 Å². The highest BCUT2D eigenvalue weighted by Gasteiger charge is 2.31. The van der Waals surface area contributed by atoms with Gasteiger partial charge in [-0.1, -0.05) is 6.92 Å². The van der Waals surface area contributed by atoms with E-state index < -0.39 is 9.84 Å². The van der Waals surface area contributed by atoms with Crippen LogP contribution in [0.15, 0.2) is 0 Å². The minimum absolute atomic E-state index is 0.0697. The molecule has 2 aliphatic heterocycles. The highest BCUT2D eigenvalue weighted by atomic mass is 32.2. The van der Waals surface area contributed by atoms with Gasteiger partial charge in [-0.3, -0.25) is 0 Å². The molecule has 2 aliphatic rings. The molecule has 0 aromatic rings. The molecule has 0 spiro atoms. The molecule has 0 aliphatic carbocycles. The Bertz CT molecular complexity index is 409. The second-order valence-electron chi connectivity index (χ2n) is 4.90. The first-order valence-corrected chi connectivity index (χ1v) is 8.20. The van der Waals surface area contributed by atoms with Crippen molar-refractivity contribution >= 4 is 15.9 Å². The zero-order chi connectivity index (χ0) is 13.2. The van der Waals surface area contributed by atoms with Crippen LogP contribution in [0.3, 0.4) is 0 Å². The number of nitrogens with one attached hydrogen (secondary N) is 1. The molecule has 0 bridgehead atoms. The monoisotopic (exact) mass is 276 g/mol. The number of ether oxygens (including phenoxy) is 1. The predicted octanol–water partition coefficient (Wildman–Crippen LogP) is -0.00610. The van der Waals surface area contributed by atoms with Crippen LogP contribution in [-0.2, 0) is 14.6 Å². The summed E-state index contributed by atoms with van der Waals surface area (Å²) in [6, 6.07) is -0.399. The lowest BCUT2D eigenvalue weighted by atomic mass is 10.2. The maximum atomic E-state index is 12.0. The lowest BCUT2D eigenvalue weighted by Crippen LogP contribution is -2.51. The van der Waals surface area contributed by atoms with Gasteiger partial charge in [-0.25, -0.2) is 13.2 Å². The largest absolute Gasteiger partial charge is 0.375 e. The Labute approximate surface area is 108 Å². The van der Waals surface area contributed by atoms with Crippen LogP contribution >= 0.6 is 0 Å². The third kappa shape index (κ3) is 3.35. The average molecular weight is 276 g/mol. The predicted molar refractivity (Wildman–Crippen MR) is 67.2 cm³/mol. The van der Waals surface area contributed by atoms with Gasteiger partial charge in [0.25, 0.3) is 0 Å². The molecular weight excluding hydrogens is 256 g/mol. The van der Waals surface area contributed by atoms with Crippen LogP contribution in [0.5, 0.6) is 0 Å². The second kappa shape index (κ2) is 5.44. The van der Waals surface area contributed by atoms with E-state index in [0.29, 0.717) is 26.1 Å². The molecule has 2 heterocycles. The standard InChI is InChI=1S/C11H20N2O4S/c1-2-10-7-13(4-5-17-10)11(14)12-9-3-6-18(15,16)8-9/h9-10H,2-8H2,1H3,(H,12,14)/t9-,10+/m1/s1. The van der Waals surface area contributed by atoms with Crippen molar-refractivity contribution in [2.75, 3.05) is 31.2 Å². The fourth-order valence-corrected chi connectivity index (χ4v) is 4.00. The molecule has 2 saturated heterocycles. The molecule has 18 heavy (non-hydrogen) atoms. The van der Waals surface area contributed by atoms with E-state index in [-0.39, 0.29) is 29.7 Å². The third-order valence-corrected chi connectivity index (χ3v) is 5.21. The maximum absolute atomic E-state index is 12.0. The number of rotatable bonds is 2. The fraction of sp³-hybridized carbons (Fsp3) is 0.909. The molecule has 2 amide bonds. The average Bonchev–Trinajstić information content (AvgIpc) is 2.68. The van der Waals surface area contributed by atoms with Crippen LogP contribution in [0.25, 0.3) is 0 Å². The Morgan fingerprint density at radius 2 is 2.28 bits per heavy atom. The molecule has 7 heteroatoms. The van der Waals surface area contributed by atoms with Crippen LogP contribution in [0.2, 0.25) is 0 Å². The van der Waals surface area contributed by atoms with Gasteiger partial charge >= 0.3 is 6.03 Å². The van der Waals surface area contributed by atoms with Crippen molar-refractivity contribution in [3.8, 4) is 0 Å². The molecule has 2 fully saturated rings. The number of urea groups is 1. The normalized spacial score (nSPS) is 31.3. The summed E-state index contributed by atoms with van der Waals surface area (Å²) in [4.78, 5) is 13.7. The minimum Gasteiger partial charge on any atom is -0.375 e. The lowest BCUT2D eigenvalue weighted by Gasteiger charge is -2.33. The summed E-state index contributed by atoms with van der Waals surface area (Å²) in [5.41, 5.74) is 0. The SMILES string of the molecule is CC[C@H]1CN(C(=O)N[C@@H]2CCS(=O)(=O)C2)CCO1. The Hall–Kier alpha value is -0.820. The maximum Gasteiger partial charge on any atom is 0.317 e. The third-order valence-electron chi connectivity index (χ3n) is 3.44. The molecule has 0 aromatic heterocycles. The van der Waals surface area contributed by atoms with Crippen molar-refractivity contribution in [3.63, 3.8) is 0 Å². The zero-order valence-electron chi connectivity index (χ0n) is 10.6. The van der Waals surface area contributed by atoms with Crippen LogP contribution in [0, 0.1) is 0 Å². The molecular formula is C11H20N2O4S. The van der Waals surface area contributed by atoms with Gasteiger partial charge in [-0.05, 0) is 12.8 Å². The number of hydrogen-bond donors (Lipinski definition) is 1. The molecule has 104 valence electrons. The van der Waals surface area contributed by atoms with Crippen molar-refractivity contribution in [3.05, 3.63) is 0 Å². The van der Waals surface area contributed by atoms with E-state index in [0.717, 1.165) is 6.42 Å². The van der Waals surface area contributed by atoms with Gasteiger partial charge < -0.3 is 15.0 Å². The van der Waals surface area contributed by atoms with Gasteiger partial charge in [0, 0.05) is 19.1 Å². The molecule has 0 saturated carbocycles. The summed E-state index contributed by atoms with van der Waals surface area (Å²) < 4.78 is 28.1. The van der Waals surface area contributed by atoms with Crippen molar-refractivity contribution in [2.24, 2.45) is 0 Å². The number of carbonyl (C=O) groups excluding carboxylic acids is 1. The van der Waals surface area contributed by atoms with E-state index in [1.54, 1.807) is 4.90 Å². The Kier molecular flexibility index (Phi) is 4.11. The first-order chi connectivity index (χ1) is 8.50. The van der Waals surface area contributed by atoms with Gasteiger partial charge in [-0.2, -0.15) is 0 Å². The summed E-state index contributed by atoms with van der Waals surface area (Å²) in [6.45, 7) is 3.73. The highest BCUT2D eigenvalue weighted by molar-refractivity contribution is 7.91. The summed E-state index contributed by atoms with van der Waals surface area (Å²) in [5, 5.41) is 2.80. The van der Waals surface area contributed by atoms with E-state index in [1.807, 2.05) is 6.92 Å². The smallest absolute Gasteiger partial charge is 0.317 e. The van der Waals surface area contributed by atoms with Gasteiger partial charge in [0.1, 0.15) is 0 Å². The van der Waals surface area contributed by atoms with E-state index in [1.165, 1.54) is 0 Å². The van der Waals surface area contributed by atoms with Crippen LogP contribution in [0.4, 0.5) is 4.79 Å². The lowest BCUT2D eigenvalue weighted by molar-refractivity contribution is -0.0156. The van der Waals surface area contributed by atoms with E-state index in [9.17, 15) is 13.2 Å². The molecule has 0 radical (unpaired) electrons. The Morgan fingerprint density at radius 1 is 1.50 bits per heavy atom. The molecule has 1 N–H and O–H groups in total. The number of sulfone groups is 1. The molecule has 0 aromatic carbocycles. The first kappa shape index (κ1) is 13.6. The van der Waals surface area contributed by atoms with Gasteiger partial charge in [0.2, 0.25) is 0 Å². The van der Waals surface area contributed by atoms with Gasteiger partial charge in [0.05, 0.1) is 24.2 Å². The van der Waals surface area contributed by atoms with E-state index >= 15 is 0 Å². The first-order valence-electron chi connectivity index (χ1n) is 6.37. The van der Waals surface area contributed by atoms with Gasteiger partial charge in [0.15, 0.2) is 9.84 Å². The zero-order valence-corrected chi connectivity index (χ0v) is 11.4. The Balaban J connectivity index is 1.84. The summed E-state index contributed by atoms with van der Waals surface area (Å²) in [6.07, 6.45) is 1.49. The number of hydrogen-bond acceptors (Lipinski definition) is 4. The second-order valence-corrected chi connectivity index (χ2v) is 7.13. The van der Waals surface area contributed by atoms with Crippen molar-refractivity contribution in [1.29, 1.82) is 0 Å². The summed E-state index contributed by atoms with van der Waals surface area (Å²) >= 11 is 0. The topological polar surface area (TPSA) is 75.7 Å². The molecule has 6 nitrogen and oxygen atoms in total. The molecule has 2 atom stereocenters. The molecule has 0 unspecified atom stereocenters. The van der Waals surface area contributed by atoms with Crippen LogP contribution in [0.1, 0.15) is 19.8 Å². The minimum atomic E-state index is -2.95. The number of nitrogens with zero attached hydrogens (tertiary/aromatic N) is 1. The fourth-order valence-electron chi connectivity index (χ4n) is 2.33. The highest BCUT2D eigenvalue weighted by Crippen LogP contribution is 2.13. The number of carbonyl (C=O) groups is 1. The van der Waals surface area contributed by atoms with E-state index in [4.69, 9.17) is 4.74 Å². The number of morpholine rings is 1. The van der Waals surface area contributed by atoms with Crippen LogP contribution < -0.4 is 5.32 Å². The number of amides is 2. The van der Waals surface area contributed by atoms with E-state index in [2.05, 4.69) is 5.32 Å². The Morgan fingerprint density at radius 3 is 2.89 bits per heavy atom. The van der Waals surface area contributed by atoms with Crippen molar-refractivity contribution in [2.45, 2.75) is 31.9 Å². The van der Waals surface area contributed by atoms with Crippen molar-refractivity contribution < 1.29 is 17.9 Å². The van der Waals surface area contributed by atoms with Crippen molar-refractivity contribution in [1.82, 2.24) is 10.2 Å².